The molecule has 1 aromatic rings. The van der Waals surface area contributed by atoms with Gasteiger partial charge in [-0.2, -0.15) is 0 Å². The Morgan fingerprint density at radius 3 is 2.65 bits per heavy atom. The van der Waals surface area contributed by atoms with Crippen molar-refractivity contribution < 1.29 is 9.59 Å². The molecule has 0 bridgehead atoms. The largest absolute Gasteiger partial charge is 0.341 e. The molecule has 0 unspecified atom stereocenters. The number of thiophene rings is 1. The summed E-state index contributed by atoms with van der Waals surface area (Å²) >= 11 is 1.63. The highest BCUT2D eigenvalue weighted by Crippen LogP contribution is 2.25. The van der Waals surface area contributed by atoms with E-state index in [1.54, 1.807) is 16.2 Å². The zero-order valence-corrected chi connectivity index (χ0v) is 14.7. The van der Waals surface area contributed by atoms with Crippen LogP contribution < -0.4 is 5.32 Å². The van der Waals surface area contributed by atoms with Gasteiger partial charge in [0, 0.05) is 43.0 Å². The lowest BCUT2D eigenvalue weighted by Gasteiger charge is -2.37. The summed E-state index contributed by atoms with van der Waals surface area (Å²) in [4.78, 5) is 30.5. The Balaban J connectivity index is 1.76. The van der Waals surface area contributed by atoms with E-state index in [9.17, 15) is 9.59 Å². The summed E-state index contributed by atoms with van der Waals surface area (Å²) in [6, 6.07) is 1.62. The molecule has 0 radical (unpaired) electrons. The number of carbonyl (C=O) groups excluding carboxylic acids is 2. The number of rotatable bonds is 3. The smallest absolute Gasteiger partial charge is 0.255 e. The molecule has 2 saturated heterocycles. The number of amides is 2. The Morgan fingerprint density at radius 2 is 2.00 bits per heavy atom. The zero-order chi connectivity index (χ0) is 16.4. The van der Waals surface area contributed by atoms with Gasteiger partial charge in [0.15, 0.2) is 0 Å². The highest BCUT2D eigenvalue weighted by Gasteiger charge is 2.36. The third-order valence-electron chi connectivity index (χ3n) is 4.64. The number of carbonyl (C=O) groups is 2. The lowest BCUT2D eigenvalue weighted by Crippen LogP contribution is -2.59. The molecule has 0 aromatic carbocycles. The van der Waals surface area contributed by atoms with Crippen LogP contribution in [0.15, 0.2) is 11.4 Å². The lowest BCUT2D eigenvalue weighted by atomic mass is 10.1. The van der Waals surface area contributed by atoms with Crippen LogP contribution in [0.3, 0.4) is 0 Å². The van der Waals surface area contributed by atoms with Gasteiger partial charge in [0.2, 0.25) is 5.91 Å². The van der Waals surface area contributed by atoms with Crippen LogP contribution in [0, 0.1) is 0 Å². The predicted molar refractivity (Wildman–Crippen MR) is 91.9 cm³/mol. The average Bonchev–Trinajstić information content (AvgIpc) is 3.24. The summed E-state index contributed by atoms with van der Waals surface area (Å²) in [5, 5.41) is 5.19. The fourth-order valence-corrected chi connectivity index (χ4v) is 4.15. The number of piperazine rings is 1. The van der Waals surface area contributed by atoms with Crippen LogP contribution in [0.25, 0.3) is 0 Å². The predicted octanol–water partition coefficient (Wildman–Crippen LogP) is 1.91. The molecule has 2 aliphatic rings. The summed E-state index contributed by atoms with van der Waals surface area (Å²) in [5.41, 5.74) is 0.722. The molecule has 0 spiro atoms. The molecule has 1 aromatic heterocycles. The minimum Gasteiger partial charge on any atom is -0.341 e. The maximum Gasteiger partial charge on any atom is 0.255 e. The van der Waals surface area contributed by atoms with Gasteiger partial charge in [-0.25, -0.2) is 0 Å². The summed E-state index contributed by atoms with van der Waals surface area (Å²) < 4.78 is 0. The van der Waals surface area contributed by atoms with Gasteiger partial charge < -0.3 is 15.1 Å². The maximum atomic E-state index is 12.9. The van der Waals surface area contributed by atoms with E-state index in [2.05, 4.69) is 19.2 Å². The maximum absolute atomic E-state index is 12.9. The highest BCUT2D eigenvalue weighted by atomic mass is 32.1. The molecule has 23 heavy (non-hydrogen) atoms. The molecule has 0 aliphatic carbocycles. The van der Waals surface area contributed by atoms with Crippen LogP contribution in [0.5, 0.6) is 0 Å². The molecule has 0 saturated carbocycles. The second kappa shape index (κ2) is 7.01. The third-order valence-corrected chi connectivity index (χ3v) is 5.88. The van der Waals surface area contributed by atoms with Crippen molar-refractivity contribution in [3.8, 4) is 0 Å². The molecule has 2 fully saturated rings. The van der Waals surface area contributed by atoms with Gasteiger partial charge in [-0.1, -0.05) is 13.8 Å². The topological polar surface area (TPSA) is 52.7 Å². The standard InChI is InChI=1S/C17H25N3O2S/c1-12(2)15-9-13(11-23-15)16(21)20-8-5-18-10-14(20)17(22)19-6-3-4-7-19/h9,11-12,14,18H,3-8,10H2,1-2H3/t14-/m1/s1. The number of nitrogens with one attached hydrogen (secondary N) is 1. The second-order valence-corrected chi connectivity index (χ2v) is 7.59. The van der Waals surface area contributed by atoms with Crippen molar-refractivity contribution in [1.29, 1.82) is 0 Å². The molecule has 1 N–H and O–H groups in total. The number of likely N-dealkylation sites (tertiary alicyclic amines) is 1. The molecule has 2 aliphatic heterocycles. The van der Waals surface area contributed by atoms with Crippen molar-refractivity contribution in [3.63, 3.8) is 0 Å². The Bertz CT molecular complexity index is 578. The molecular formula is C17H25N3O2S. The van der Waals surface area contributed by atoms with Gasteiger partial charge >= 0.3 is 0 Å². The van der Waals surface area contributed by atoms with Crippen molar-refractivity contribution in [3.05, 3.63) is 21.9 Å². The Hall–Kier alpha value is -1.40. The molecular weight excluding hydrogens is 310 g/mol. The first kappa shape index (κ1) is 16.5. The van der Waals surface area contributed by atoms with E-state index in [0.29, 0.717) is 19.0 Å². The monoisotopic (exact) mass is 335 g/mol. The van der Waals surface area contributed by atoms with Crippen LogP contribution in [0.1, 0.15) is 47.8 Å². The first-order valence-electron chi connectivity index (χ1n) is 8.47. The zero-order valence-electron chi connectivity index (χ0n) is 13.9. The van der Waals surface area contributed by atoms with Crippen LogP contribution in [-0.2, 0) is 4.79 Å². The highest BCUT2D eigenvalue weighted by molar-refractivity contribution is 7.10. The molecule has 3 heterocycles. The second-order valence-electron chi connectivity index (χ2n) is 6.64. The van der Waals surface area contributed by atoms with Crippen molar-refractivity contribution >= 4 is 23.2 Å². The first-order chi connectivity index (χ1) is 11.1. The third kappa shape index (κ3) is 3.43. The van der Waals surface area contributed by atoms with Crippen LogP contribution in [-0.4, -0.2) is 60.4 Å². The molecule has 126 valence electrons. The minimum atomic E-state index is -0.364. The van der Waals surface area contributed by atoms with E-state index in [0.717, 1.165) is 38.0 Å². The molecule has 1 atom stereocenters. The van der Waals surface area contributed by atoms with Crippen LogP contribution in [0.4, 0.5) is 0 Å². The van der Waals surface area contributed by atoms with E-state index in [1.165, 1.54) is 4.88 Å². The summed E-state index contributed by atoms with van der Waals surface area (Å²) in [5.74, 6) is 0.515. The first-order valence-corrected chi connectivity index (χ1v) is 9.35. The van der Waals surface area contributed by atoms with Crippen molar-refractivity contribution in [2.45, 2.75) is 38.6 Å². The van der Waals surface area contributed by atoms with Crippen LogP contribution in [0.2, 0.25) is 0 Å². The van der Waals surface area contributed by atoms with E-state index in [4.69, 9.17) is 0 Å². The Morgan fingerprint density at radius 1 is 1.26 bits per heavy atom. The number of nitrogens with zero attached hydrogens (tertiary/aromatic N) is 2. The summed E-state index contributed by atoms with van der Waals surface area (Å²) in [6.07, 6.45) is 2.14. The van der Waals surface area contributed by atoms with Gasteiger partial charge in [-0.15, -0.1) is 11.3 Å². The van der Waals surface area contributed by atoms with Gasteiger partial charge in [-0.05, 0) is 24.8 Å². The number of hydrogen-bond acceptors (Lipinski definition) is 4. The van der Waals surface area contributed by atoms with Crippen molar-refractivity contribution in [1.82, 2.24) is 15.1 Å². The molecule has 5 nitrogen and oxygen atoms in total. The molecule has 6 heteroatoms. The minimum absolute atomic E-state index is 0.00723. The van der Waals surface area contributed by atoms with Gasteiger partial charge in [0.1, 0.15) is 6.04 Å². The summed E-state index contributed by atoms with van der Waals surface area (Å²) in [6.45, 7) is 7.81. The SMILES string of the molecule is CC(C)c1cc(C(=O)N2CCNC[C@@H]2C(=O)N2CCCC2)cs1. The van der Waals surface area contributed by atoms with Crippen molar-refractivity contribution in [2.24, 2.45) is 0 Å². The van der Waals surface area contributed by atoms with E-state index < -0.39 is 0 Å². The van der Waals surface area contributed by atoms with Gasteiger partial charge in [0.25, 0.3) is 5.91 Å². The quantitative estimate of drug-likeness (QED) is 0.918. The van der Waals surface area contributed by atoms with Gasteiger partial charge in [0.05, 0.1) is 5.56 Å². The molecule has 2 amide bonds. The molecule has 3 rings (SSSR count). The van der Waals surface area contributed by atoms with E-state index >= 15 is 0 Å². The fourth-order valence-electron chi connectivity index (χ4n) is 3.25. The lowest BCUT2D eigenvalue weighted by molar-refractivity contribution is -0.135. The van der Waals surface area contributed by atoms with E-state index in [-0.39, 0.29) is 17.9 Å². The number of hydrogen-bond donors (Lipinski definition) is 1. The Labute approximate surface area is 141 Å². The average molecular weight is 335 g/mol. The Kier molecular flexibility index (Phi) is 5.02. The van der Waals surface area contributed by atoms with Crippen LogP contribution >= 0.6 is 11.3 Å². The van der Waals surface area contributed by atoms with Gasteiger partial charge in [-0.3, -0.25) is 9.59 Å². The normalized spacial score (nSPS) is 22.0. The van der Waals surface area contributed by atoms with Crippen molar-refractivity contribution in [2.75, 3.05) is 32.7 Å². The fraction of sp³-hybridized carbons (Fsp3) is 0.647. The summed E-state index contributed by atoms with van der Waals surface area (Å²) in [7, 11) is 0. The van der Waals surface area contributed by atoms with E-state index in [1.807, 2.05) is 16.3 Å².